The molecule has 0 saturated heterocycles. The SMILES string of the molecule is Cc1nn(C)cc1-c1nnc(CCn2nc(C(F)(F)F)cc2C2CC2)o1. The summed E-state index contributed by atoms with van der Waals surface area (Å²) in [6.45, 7) is 2.10. The van der Waals surface area contributed by atoms with Gasteiger partial charge < -0.3 is 4.42 Å². The molecule has 0 aromatic carbocycles. The summed E-state index contributed by atoms with van der Waals surface area (Å²) in [4.78, 5) is 0. The van der Waals surface area contributed by atoms with E-state index in [0.29, 0.717) is 23.9 Å². The van der Waals surface area contributed by atoms with Crippen LogP contribution in [0, 0.1) is 6.92 Å². The van der Waals surface area contributed by atoms with E-state index in [-0.39, 0.29) is 12.5 Å². The minimum atomic E-state index is -4.44. The number of alkyl halides is 3. The van der Waals surface area contributed by atoms with Gasteiger partial charge in [-0.25, -0.2) is 0 Å². The average molecular weight is 366 g/mol. The second-order valence-corrected chi connectivity index (χ2v) is 6.50. The molecule has 26 heavy (non-hydrogen) atoms. The van der Waals surface area contributed by atoms with Crippen LogP contribution in [0.1, 0.15) is 41.7 Å². The molecule has 1 saturated carbocycles. The molecule has 1 aliphatic carbocycles. The molecule has 4 rings (SSSR count). The van der Waals surface area contributed by atoms with Gasteiger partial charge in [-0.2, -0.15) is 23.4 Å². The smallest absolute Gasteiger partial charge is 0.421 e. The van der Waals surface area contributed by atoms with Crippen molar-refractivity contribution < 1.29 is 17.6 Å². The van der Waals surface area contributed by atoms with Crippen molar-refractivity contribution in [1.29, 1.82) is 0 Å². The third-order valence-corrected chi connectivity index (χ3v) is 4.35. The average Bonchev–Trinajstić information content (AvgIpc) is 3.00. The largest absolute Gasteiger partial charge is 0.435 e. The molecular weight excluding hydrogens is 349 g/mol. The van der Waals surface area contributed by atoms with E-state index >= 15 is 0 Å². The number of hydrogen-bond acceptors (Lipinski definition) is 5. The van der Waals surface area contributed by atoms with E-state index in [2.05, 4.69) is 20.4 Å². The van der Waals surface area contributed by atoms with Gasteiger partial charge in [0.1, 0.15) is 0 Å². The van der Waals surface area contributed by atoms with E-state index in [1.807, 2.05) is 6.92 Å². The molecule has 7 nitrogen and oxygen atoms in total. The first-order chi connectivity index (χ1) is 12.3. The van der Waals surface area contributed by atoms with Crippen molar-refractivity contribution in [1.82, 2.24) is 29.8 Å². The summed E-state index contributed by atoms with van der Waals surface area (Å²) in [5.41, 5.74) is 1.28. The maximum absolute atomic E-state index is 12.9. The Morgan fingerprint density at radius 3 is 2.62 bits per heavy atom. The lowest BCUT2D eigenvalue weighted by atomic mass is 10.2. The number of halogens is 3. The fourth-order valence-corrected chi connectivity index (χ4v) is 2.93. The van der Waals surface area contributed by atoms with E-state index in [4.69, 9.17) is 4.42 Å². The fraction of sp³-hybridized carbons (Fsp3) is 0.500. The highest BCUT2D eigenvalue weighted by molar-refractivity contribution is 5.54. The molecule has 0 radical (unpaired) electrons. The van der Waals surface area contributed by atoms with Crippen LogP contribution >= 0.6 is 0 Å². The molecule has 0 aliphatic heterocycles. The lowest BCUT2D eigenvalue weighted by Gasteiger charge is -2.04. The second kappa shape index (κ2) is 5.96. The van der Waals surface area contributed by atoms with E-state index < -0.39 is 11.9 Å². The maximum Gasteiger partial charge on any atom is 0.435 e. The number of aromatic nitrogens is 6. The molecule has 0 atom stereocenters. The minimum absolute atomic E-state index is 0.162. The molecule has 138 valence electrons. The summed E-state index contributed by atoms with van der Waals surface area (Å²) in [5.74, 6) is 0.869. The van der Waals surface area contributed by atoms with Gasteiger partial charge in [-0.3, -0.25) is 9.36 Å². The molecule has 0 spiro atoms. The van der Waals surface area contributed by atoms with Crippen LogP contribution < -0.4 is 0 Å². The van der Waals surface area contributed by atoms with Gasteiger partial charge in [0.25, 0.3) is 5.89 Å². The molecule has 1 aliphatic rings. The Kier molecular flexibility index (Phi) is 3.85. The molecular formula is C16H17F3N6O. The molecule has 10 heteroatoms. The van der Waals surface area contributed by atoms with Gasteiger partial charge in [0.05, 0.1) is 11.3 Å². The van der Waals surface area contributed by atoms with Gasteiger partial charge in [0.15, 0.2) is 5.69 Å². The van der Waals surface area contributed by atoms with Crippen LogP contribution in [0.15, 0.2) is 16.7 Å². The van der Waals surface area contributed by atoms with E-state index in [1.165, 1.54) is 4.68 Å². The number of hydrogen-bond donors (Lipinski definition) is 0. The Balaban J connectivity index is 1.51. The van der Waals surface area contributed by atoms with Gasteiger partial charge >= 0.3 is 6.18 Å². The number of rotatable bonds is 5. The zero-order chi connectivity index (χ0) is 18.5. The van der Waals surface area contributed by atoms with Gasteiger partial charge in [-0.1, -0.05) is 0 Å². The van der Waals surface area contributed by atoms with Crippen LogP contribution in [0.25, 0.3) is 11.5 Å². The van der Waals surface area contributed by atoms with Crippen LogP contribution in [0.5, 0.6) is 0 Å². The zero-order valence-corrected chi connectivity index (χ0v) is 14.3. The molecule has 3 aromatic heterocycles. The van der Waals surface area contributed by atoms with Crippen molar-refractivity contribution in [3.05, 3.63) is 35.2 Å². The molecule has 0 amide bonds. The first kappa shape index (κ1) is 16.8. The molecule has 1 fully saturated rings. The normalized spacial score (nSPS) is 15.0. The predicted molar refractivity (Wildman–Crippen MR) is 84.1 cm³/mol. The van der Waals surface area contributed by atoms with Crippen molar-refractivity contribution in [2.45, 2.75) is 44.8 Å². The lowest BCUT2D eigenvalue weighted by Crippen LogP contribution is -2.10. The third-order valence-electron chi connectivity index (χ3n) is 4.35. The summed E-state index contributed by atoms with van der Waals surface area (Å²) in [6, 6.07) is 1.15. The van der Waals surface area contributed by atoms with E-state index in [0.717, 1.165) is 30.2 Å². The van der Waals surface area contributed by atoms with E-state index in [1.54, 1.807) is 17.9 Å². The second-order valence-electron chi connectivity index (χ2n) is 6.50. The molecule has 3 heterocycles. The quantitative estimate of drug-likeness (QED) is 0.694. The Hall–Kier alpha value is -2.65. The van der Waals surface area contributed by atoms with Crippen LogP contribution in [-0.4, -0.2) is 29.8 Å². The maximum atomic E-state index is 12.9. The Labute approximate surface area is 146 Å². The van der Waals surface area contributed by atoms with Gasteiger partial charge in [-0.05, 0) is 25.8 Å². The van der Waals surface area contributed by atoms with Crippen molar-refractivity contribution >= 4 is 0 Å². The lowest BCUT2D eigenvalue weighted by molar-refractivity contribution is -0.141. The predicted octanol–water partition coefficient (Wildman–Crippen LogP) is 3.11. The third kappa shape index (κ3) is 3.23. The Bertz CT molecular complexity index is 934. The van der Waals surface area contributed by atoms with E-state index in [9.17, 15) is 13.2 Å². The fourth-order valence-electron chi connectivity index (χ4n) is 2.93. The van der Waals surface area contributed by atoms with Crippen molar-refractivity contribution in [2.24, 2.45) is 7.05 Å². The van der Waals surface area contributed by atoms with Crippen molar-refractivity contribution in [3.8, 4) is 11.5 Å². The van der Waals surface area contributed by atoms with Gasteiger partial charge in [0.2, 0.25) is 5.89 Å². The summed E-state index contributed by atoms with van der Waals surface area (Å²) >= 11 is 0. The topological polar surface area (TPSA) is 74.6 Å². The molecule has 0 N–H and O–H groups in total. The standard InChI is InChI=1S/C16H17F3N6O/c1-9-11(8-24(2)22-9)15-21-20-14(26-15)5-6-25-12(10-3-4-10)7-13(23-25)16(17,18)19/h7-8,10H,3-6H2,1-2H3. The number of aryl methyl sites for hydroxylation is 4. The summed E-state index contributed by atoms with van der Waals surface area (Å²) in [6.07, 6.45) is -0.557. The highest BCUT2D eigenvalue weighted by Crippen LogP contribution is 2.42. The first-order valence-electron chi connectivity index (χ1n) is 8.29. The van der Waals surface area contributed by atoms with Crippen LogP contribution in [0.2, 0.25) is 0 Å². The highest BCUT2D eigenvalue weighted by atomic mass is 19.4. The summed E-state index contributed by atoms with van der Waals surface area (Å²) in [5, 5.41) is 15.9. The van der Waals surface area contributed by atoms with Crippen LogP contribution in [0.3, 0.4) is 0 Å². The molecule has 0 unspecified atom stereocenters. The minimum Gasteiger partial charge on any atom is -0.421 e. The first-order valence-corrected chi connectivity index (χ1v) is 8.29. The highest BCUT2D eigenvalue weighted by Gasteiger charge is 2.37. The van der Waals surface area contributed by atoms with Crippen molar-refractivity contribution in [2.75, 3.05) is 0 Å². The Morgan fingerprint density at radius 2 is 2.00 bits per heavy atom. The van der Waals surface area contributed by atoms with Crippen molar-refractivity contribution in [3.63, 3.8) is 0 Å². The summed E-state index contributed by atoms with van der Waals surface area (Å²) in [7, 11) is 1.79. The number of nitrogens with zero attached hydrogens (tertiary/aromatic N) is 6. The Morgan fingerprint density at radius 1 is 1.23 bits per heavy atom. The van der Waals surface area contributed by atoms with Gasteiger partial charge in [-0.15, -0.1) is 10.2 Å². The molecule has 0 bridgehead atoms. The summed E-state index contributed by atoms with van der Waals surface area (Å²) < 4.78 is 47.5. The van der Waals surface area contributed by atoms with Crippen LogP contribution in [-0.2, 0) is 26.2 Å². The zero-order valence-electron chi connectivity index (χ0n) is 14.3. The van der Waals surface area contributed by atoms with Crippen LogP contribution in [0.4, 0.5) is 13.2 Å². The monoisotopic (exact) mass is 366 g/mol. The molecule has 3 aromatic rings. The van der Waals surface area contributed by atoms with Gasteiger partial charge in [0, 0.05) is 37.8 Å².